The molecule has 1 aliphatic heterocycles. The van der Waals surface area contributed by atoms with Crippen LogP contribution in [0.25, 0.3) is 0 Å². The molecule has 6 nitrogen and oxygen atoms in total. The Morgan fingerprint density at radius 1 is 1.17 bits per heavy atom. The lowest BCUT2D eigenvalue weighted by Crippen LogP contribution is -3.16. The van der Waals surface area contributed by atoms with Gasteiger partial charge in [0.15, 0.2) is 18.9 Å². The Labute approximate surface area is 174 Å². The number of aryl methyl sites for hydroxylation is 2. The second kappa shape index (κ2) is 8.47. The molecule has 1 saturated heterocycles. The van der Waals surface area contributed by atoms with Crippen molar-refractivity contribution < 1.29 is 19.3 Å². The van der Waals surface area contributed by atoms with E-state index in [1.165, 1.54) is 16.2 Å². The number of hydrogen-bond acceptors (Lipinski definition) is 4. The van der Waals surface area contributed by atoms with Gasteiger partial charge in [0.1, 0.15) is 5.00 Å². The van der Waals surface area contributed by atoms with Crippen molar-refractivity contribution in [3.05, 3.63) is 51.4 Å². The summed E-state index contributed by atoms with van der Waals surface area (Å²) in [5.74, 6) is -0.198. The van der Waals surface area contributed by atoms with Crippen molar-refractivity contribution in [2.24, 2.45) is 0 Å². The lowest BCUT2D eigenvalue weighted by molar-refractivity contribution is -0.885. The van der Waals surface area contributed by atoms with Gasteiger partial charge in [0.2, 0.25) is 0 Å². The smallest absolute Gasteiger partial charge is 0.280 e. The average molecular weight is 413 g/mol. The fourth-order valence-electron chi connectivity index (χ4n) is 4.05. The highest BCUT2D eigenvalue weighted by molar-refractivity contribution is 7.17. The maximum atomic E-state index is 13.3. The Balaban J connectivity index is 1.58. The molecule has 1 fully saturated rings. The molecule has 1 aromatic heterocycles. The van der Waals surface area contributed by atoms with Gasteiger partial charge in [-0.2, -0.15) is 0 Å². The molecule has 4 rings (SSSR count). The molecule has 2 amide bonds. The first kappa shape index (κ1) is 19.8. The highest BCUT2D eigenvalue weighted by Crippen LogP contribution is 2.39. The van der Waals surface area contributed by atoms with Crippen LogP contribution in [0, 0.1) is 6.92 Å². The molecule has 0 radical (unpaired) electrons. The molecule has 1 aliphatic carbocycles. The van der Waals surface area contributed by atoms with Crippen LogP contribution in [0.2, 0.25) is 0 Å². The van der Waals surface area contributed by atoms with Gasteiger partial charge in [-0.1, -0.05) is 29.8 Å². The normalized spacial score (nSPS) is 18.7. The fourth-order valence-corrected chi connectivity index (χ4v) is 5.35. The van der Waals surface area contributed by atoms with Crippen LogP contribution in [-0.2, 0) is 22.4 Å². The zero-order valence-electron chi connectivity index (χ0n) is 16.6. The van der Waals surface area contributed by atoms with Crippen molar-refractivity contribution >= 4 is 33.9 Å². The van der Waals surface area contributed by atoms with Crippen molar-refractivity contribution in [2.45, 2.75) is 32.6 Å². The van der Waals surface area contributed by atoms with Crippen LogP contribution in [0.15, 0.2) is 24.3 Å². The fraction of sp³-hybridized carbons (Fsp3) is 0.409. The minimum atomic E-state index is -0.147. The summed E-state index contributed by atoms with van der Waals surface area (Å²) in [6.07, 6.45) is 4.03. The van der Waals surface area contributed by atoms with Gasteiger partial charge in [-0.25, -0.2) is 0 Å². The second-order valence-electron chi connectivity index (χ2n) is 7.86. The van der Waals surface area contributed by atoms with E-state index in [2.05, 4.69) is 10.6 Å². The SMILES string of the molecule is Cc1ccc(C(=O)c2c(NC(=O)C[NH+]3CCNC(=O)C3)sc3c2CCCC3)cc1. The van der Waals surface area contributed by atoms with Gasteiger partial charge in [0.05, 0.1) is 18.7 Å². The minimum Gasteiger partial charge on any atom is -0.346 e. The average Bonchev–Trinajstić information content (AvgIpc) is 3.05. The summed E-state index contributed by atoms with van der Waals surface area (Å²) < 4.78 is 0. The number of thiophene rings is 1. The first-order chi connectivity index (χ1) is 14.0. The third-order valence-electron chi connectivity index (χ3n) is 5.59. The van der Waals surface area contributed by atoms with Crippen molar-refractivity contribution in [3.8, 4) is 0 Å². The molecule has 3 N–H and O–H groups in total. The molecule has 7 heteroatoms. The molecule has 152 valence electrons. The topological polar surface area (TPSA) is 79.7 Å². The van der Waals surface area contributed by atoms with Crippen LogP contribution in [0.3, 0.4) is 0 Å². The number of fused-ring (bicyclic) bond motifs is 1. The molecule has 2 heterocycles. The van der Waals surface area contributed by atoms with Crippen LogP contribution >= 0.6 is 11.3 Å². The molecular formula is C22H26N3O3S+. The molecule has 1 aromatic carbocycles. The number of piperazine rings is 1. The maximum Gasteiger partial charge on any atom is 0.280 e. The first-order valence-corrected chi connectivity index (χ1v) is 11.0. The van der Waals surface area contributed by atoms with Gasteiger partial charge >= 0.3 is 0 Å². The van der Waals surface area contributed by atoms with E-state index in [9.17, 15) is 14.4 Å². The van der Waals surface area contributed by atoms with E-state index in [1.54, 1.807) is 0 Å². The quantitative estimate of drug-likeness (QED) is 0.644. The van der Waals surface area contributed by atoms with Crippen LogP contribution in [0.5, 0.6) is 0 Å². The second-order valence-corrected chi connectivity index (χ2v) is 8.97. The number of carbonyl (C=O) groups is 3. The lowest BCUT2D eigenvalue weighted by Gasteiger charge is -2.22. The van der Waals surface area contributed by atoms with Crippen LogP contribution < -0.4 is 15.5 Å². The van der Waals surface area contributed by atoms with E-state index in [0.29, 0.717) is 29.2 Å². The standard InChI is InChI=1S/C22H25N3O3S/c1-14-6-8-15(9-7-14)21(28)20-16-4-2-3-5-17(16)29-22(20)24-19(27)13-25-11-10-23-18(26)12-25/h6-9H,2-5,10-13H2,1H3,(H,23,26)(H,24,27)/p+1. The number of ketones is 1. The van der Waals surface area contributed by atoms with Gasteiger partial charge in [0.25, 0.3) is 11.8 Å². The Morgan fingerprint density at radius 3 is 2.69 bits per heavy atom. The van der Waals surface area contributed by atoms with Gasteiger partial charge in [-0.15, -0.1) is 11.3 Å². The third kappa shape index (κ3) is 4.41. The summed E-state index contributed by atoms with van der Waals surface area (Å²) in [4.78, 5) is 39.7. The van der Waals surface area contributed by atoms with Gasteiger partial charge in [-0.05, 0) is 38.2 Å². The van der Waals surface area contributed by atoms with Gasteiger partial charge < -0.3 is 15.5 Å². The number of carbonyl (C=O) groups excluding carboxylic acids is 3. The molecule has 2 aromatic rings. The predicted octanol–water partition coefficient (Wildman–Crippen LogP) is 1.12. The van der Waals surface area contributed by atoms with Gasteiger partial charge in [-0.3, -0.25) is 14.4 Å². The Bertz CT molecular complexity index is 949. The maximum absolute atomic E-state index is 13.3. The predicted molar refractivity (Wildman–Crippen MR) is 113 cm³/mol. The van der Waals surface area contributed by atoms with Crippen molar-refractivity contribution in [1.82, 2.24) is 5.32 Å². The molecule has 1 unspecified atom stereocenters. The van der Waals surface area contributed by atoms with E-state index in [1.807, 2.05) is 31.2 Å². The number of hydrogen-bond donors (Lipinski definition) is 3. The number of amides is 2. The highest BCUT2D eigenvalue weighted by Gasteiger charge is 2.28. The highest BCUT2D eigenvalue weighted by atomic mass is 32.1. The van der Waals surface area contributed by atoms with Crippen LogP contribution in [0.4, 0.5) is 5.00 Å². The van der Waals surface area contributed by atoms with Crippen LogP contribution in [-0.4, -0.2) is 43.8 Å². The zero-order valence-corrected chi connectivity index (χ0v) is 17.4. The zero-order chi connectivity index (χ0) is 20.4. The van der Waals surface area contributed by atoms with Crippen molar-refractivity contribution in [2.75, 3.05) is 31.5 Å². The summed E-state index contributed by atoms with van der Waals surface area (Å²) >= 11 is 1.54. The number of quaternary nitrogens is 1. The largest absolute Gasteiger partial charge is 0.346 e. The van der Waals surface area contributed by atoms with E-state index < -0.39 is 0 Å². The summed E-state index contributed by atoms with van der Waals surface area (Å²) in [7, 11) is 0. The molecule has 0 bridgehead atoms. The molecule has 1 atom stereocenters. The number of nitrogens with one attached hydrogen (secondary N) is 3. The molecule has 0 spiro atoms. The van der Waals surface area contributed by atoms with Crippen molar-refractivity contribution in [3.63, 3.8) is 0 Å². The minimum absolute atomic E-state index is 0.0237. The third-order valence-corrected chi connectivity index (χ3v) is 6.79. The molecule has 2 aliphatic rings. The number of anilines is 1. The van der Waals surface area contributed by atoms with E-state index in [4.69, 9.17) is 0 Å². The Morgan fingerprint density at radius 2 is 1.93 bits per heavy atom. The summed E-state index contributed by atoms with van der Waals surface area (Å²) in [5.41, 5.74) is 3.52. The Kier molecular flexibility index (Phi) is 5.78. The summed E-state index contributed by atoms with van der Waals surface area (Å²) in [5, 5.41) is 6.44. The number of benzene rings is 1. The monoisotopic (exact) mass is 412 g/mol. The summed E-state index contributed by atoms with van der Waals surface area (Å²) in [6.45, 7) is 3.86. The molecule has 29 heavy (non-hydrogen) atoms. The lowest BCUT2D eigenvalue weighted by atomic mass is 9.91. The van der Waals surface area contributed by atoms with E-state index >= 15 is 0 Å². The molecule has 0 saturated carbocycles. The van der Waals surface area contributed by atoms with Gasteiger partial charge in [0, 0.05) is 10.4 Å². The first-order valence-electron chi connectivity index (χ1n) is 10.2. The van der Waals surface area contributed by atoms with E-state index in [0.717, 1.165) is 48.3 Å². The molecular weight excluding hydrogens is 386 g/mol. The van der Waals surface area contributed by atoms with E-state index in [-0.39, 0.29) is 24.1 Å². The summed E-state index contributed by atoms with van der Waals surface area (Å²) in [6, 6.07) is 7.59. The van der Waals surface area contributed by atoms with Crippen LogP contribution in [0.1, 0.15) is 44.8 Å². The Hall–Kier alpha value is -2.51. The number of rotatable bonds is 5. The van der Waals surface area contributed by atoms with Crippen molar-refractivity contribution in [1.29, 1.82) is 0 Å².